The highest BCUT2D eigenvalue weighted by molar-refractivity contribution is 5.67. The van der Waals surface area contributed by atoms with Gasteiger partial charge in [0.05, 0.1) is 19.3 Å². The van der Waals surface area contributed by atoms with Gasteiger partial charge in [-0.15, -0.1) is 0 Å². The number of fused-ring (bicyclic) bond motifs is 1. The van der Waals surface area contributed by atoms with Crippen molar-refractivity contribution in [1.29, 1.82) is 0 Å². The van der Waals surface area contributed by atoms with Crippen molar-refractivity contribution in [2.45, 2.75) is 20.0 Å². The summed E-state index contributed by atoms with van der Waals surface area (Å²) in [5.41, 5.74) is 0.656. The SMILES string of the molecule is CC(C)COC(=O)NCC(O)c1ccc2c(c1)OCCO2. The number of hydrogen-bond donors (Lipinski definition) is 2. The summed E-state index contributed by atoms with van der Waals surface area (Å²) in [6.45, 7) is 5.36. The van der Waals surface area contributed by atoms with Crippen molar-refractivity contribution in [2.24, 2.45) is 5.92 Å². The van der Waals surface area contributed by atoms with Crippen molar-refractivity contribution in [3.8, 4) is 11.5 Å². The largest absolute Gasteiger partial charge is 0.486 e. The third kappa shape index (κ3) is 4.53. The normalized spacial score (nSPS) is 14.7. The molecule has 6 heteroatoms. The second-order valence-corrected chi connectivity index (χ2v) is 5.29. The van der Waals surface area contributed by atoms with E-state index < -0.39 is 12.2 Å². The number of aliphatic hydroxyl groups excluding tert-OH is 1. The Morgan fingerprint density at radius 1 is 1.33 bits per heavy atom. The monoisotopic (exact) mass is 295 g/mol. The average molecular weight is 295 g/mol. The lowest BCUT2D eigenvalue weighted by molar-refractivity contribution is 0.121. The minimum Gasteiger partial charge on any atom is -0.486 e. The van der Waals surface area contributed by atoms with Gasteiger partial charge in [-0.25, -0.2) is 4.79 Å². The molecule has 1 aliphatic heterocycles. The van der Waals surface area contributed by atoms with E-state index in [0.29, 0.717) is 36.9 Å². The predicted octanol–water partition coefficient (Wildman–Crippen LogP) is 1.87. The number of nitrogens with one attached hydrogen (secondary N) is 1. The molecular formula is C15H21NO5. The average Bonchev–Trinajstić information content (AvgIpc) is 2.50. The van der Waals surface area contributed by atoms with Gasteiger partial charge in [0.2, 0.25) is 0 Å². The molecule has 21 heavy (non-hydrogen) atoms. The van der Waals surface area contributed by atoms with E-state index in [0.717, 1.165) is 0 Å². The molecule has 0 aromatic heterocycles. The zero-order valence-corrected chi connectivity index (χ0v) is 12.3. The second kappa shape index (κ2) is 7.17. The van der Waals surface area contributed by atoms with Crippen LogP contribution in [0.5, 0.6) is 11.5 Å². The van der Waals surface area contributed by atoms with Crippen molar-refractivity contribution in [1.82, 2.24) is 5.32 Å². The Morgan fingerprint density at radius 2 is 2.05 bits per heavy atom. The molecule has 0 aliphatic carbocycles. The first-order valence-corrected chi connectivity index (χ1v) is 7.04. The summed E-state index contributed by atoms with van der Waals surface area (Å²) in [6.07, 6.45) is -1.35. The summed E-state index contributed by atoms with van der Waals surface area (Å²) in [6, 6.07) is 5.23. The molecule has 1 amide bonds. The van der Waals surface area contributed by atoms with Gasteiger partial charge in [0, 0.05) is 0 Å². The van der Waals surface area contributed by atoms with Crippen LogP contribution in [0.15, 0.2) is 18.2 Å². The molecule has 116 valence electrons. The van der Waals surface area contributed by atoms with Gasteiger partial charge in [-0.3, -0.25) is 0 Å². The Bertz CT molecular complexity index is 489. The molecule has 0 radical (unpaired) electrons. The third-order valence-corrected chi connectivity index (χ3v) is 2.94. The highest BCUT2D eigenvalue weighted by Gasteiger charge is 2.16. The van der Waals surface area contributed by atoms with Crippen molar-refractivity contribution in [3.63, 3.8) is 0 Å². The van der Waals surface area contributed by atoms with E-state index >= 15 is 0 Å². The fourth-order valence-electron chi connectivity index (χ4n) is 1.86. The first kappa shape index (κ1) is 15.4. The molecule has 2 N–H and O–H groups in total. The fraction of sp³-hybridized carbons (Fsp3) is 0.533. The molecule has 1 aromatic rings. The first-order chi connectivity index (χ1) is 10.1. The van der Waals surface area contributed by atoms with Crippen LogP contribution in [0.4, 0.5) is 4.79 Å². The first-order valence-electron chi connectivity index (χ1n) is 7.04. The Kier molecular flexibility index (Phi) is 5.27. The van der Waals surface area contributed by atoms with E-state index in [2.05, 4.69) is 5.32 Å². The van der Waals surface area contributed by atoms with Gasteiger partial charge in [0.25, 0.3) is 0 Å². The maximum Gasteiger partial charge on any atom is 0.407 e. The molecule has 0 spiro atoms. The van der Waals surface area contributed by atoms with Gasteiger partial charge in [-0.05, 0) is 23.6 Å². The summed E-state index contributed by atoms with van der Waals surface area (Å²) >= 11 is 0. The van der Waals surface area contributed by atoms with Crippen LogP contribution in [0.1, 0.15) is 25.5 Å². The van der Waals surface area contributed by atoms with Crippen LogP contribution in [0.2, 0.25) is 0 Å². The Labute approximate surface area is 124 Å². The lowest BCUT2D eigenvalue weighted by Gasteiger charge is -2.20. The minimum atomic E-state index is -0.826. The summed E-state index contributed by atoms with van der Waals surface area (Å²) < 4.78 is 15.8. The van der Waals surface area contributed by atoms with E-state index in [1.165, 1.54) is 0 Å². The molecule has 0 fully saturated rings. The van der Waals surface area contributed by atoms with Crippen LogP contribution in [0.25, 0.3) is 0 Å². The van der Waals surface area contributed by atoms with Crippen LogP contribution >= 0.6 is 0 Å². The molecular weight excluding hydrogens is 274 g/mol. The number of aliphatic hydroxyl groups is 1. The van der Waals surface area contributed by atoms with E-state index in [-0.39, 0.29) is 12.5 Å². The maximum absolute atomic E-state index is 11.4. The molecule has 0 bridgehead atoms. The standard InChI is InChI=1S/C15H21NO5/c1-10(2)9-21-15(18)16-8-12(17)11-3-4-13-14(7-11)20-6-5-19-13/h3-4,7,10,12,17H,5-6,8-9H2,1-2H3,(H,16,18). The van der Waals surface area contributed by atoms with E-state index in [4.69, 9.17) is 14.2 Å². The van der Waals surface area contributed by atoms with Crippen LogP contribution in [-0.2, 0) is 4.74 Å². The number of alkyl carbamates (subject to hydrolysis) is 1. The Balaban J connectivity index is 1.85. The van der Waals surface area contributed by atoms with E-state index in [9.17, 15) is 9.90 Å². The van der Waals surface area contributed by atoms with Gasteiger partial charge < -0.3 is 24.6 Å². The number of carbonyl (C=O) groups excluding carboxylic acids is 1. The molecule has 0 saturated heterocycles. The summed E-state index contributed by atoms with van der Waals surface area (Å²) in [5.74, 6) is 1.56. The zero-order chi connectivity index (χ0) is 15.2. The lowest BCUT2D eigenvalue weighted by atomic mass is 10.1. The number of ether oxygens (including phenoxy) is 3. The van der Waals surface area contributed by atoms with Crippen LogP contribution in [0, 0.1) is 5.92 Å². The molecule has 1 aliphatic rings. The highest BCUT2D eigenvalue weighted by Crippen LogP contribution is 2.32. The highest BCUT2D eigenvalue weighted by atomic mass is 16.6. The van der Waals surface area contributed by atoms with Gasteiger partial charge in [-0.2, -0.15) is 0 Å². The lowest BCUT2D eigenvalue weighted by Crippen LogP contribution is -2.30. The van der Waals surface area contributed by atoms with Gasteiger partial charge in [0.15, 0.2) is 11.5 Å². The number of hydrogen-bond acceptors (Lipinski definition) is 5. The zero-order valence-electron chi connectivity index (χ0n) is 12.3. The fourth-order valence-corrected chi connectivity index (χ4v) is 1.86. The van der Waals surface area contributed by atoms with E-state index in [1.807, 2.05) is 13.8 Å². The van der Waals surface area contributed by atoms with Crippen LogP contribution in [0.3, 0.4) is 0 Å². The molecule has 1 heterocycles. The van der Waals surface area contributed by atoms with Gasteiger partial charge >= 0.3 is 6.09 Å². The Hall–Kier alpha value is -1.95. The number of amides is 1. The summed E-state index contributed by atoms with van der Waals surface area (Å²) in [7, 11) is 0. The van der Waals surface area contributed by atoms with Crippen molar-refractivity contribution < 1.29 is 24.1 Å². The van der Waals surface area contributed by atoms with Crippen LogP contribution in [-0.4, -0.2) is 37.6 Å². The quantitative estimate of drug-likeness (QED) is 0.867. The predicted molar refractivity (Wildman–Crippen MR) is 76.6 cm³/mol. The molecule has 0 saturated carbocycles. The van der Waals surface area contributed by atoms with Crippen LogP contribution < -0.4 is 14.8 Å². The summed E-state index contributed by atoms with van der Waals surface area (Å²) in [4.78, 5) is 11.4. The number of rotatable bonds is 5. The minimum absolute atomic E-state index is 0.0799. The molecule has 6 nitrogen and oxygen atoms in total. The molecule has 1 unspecified atom stereocenters. The number of benzene rings is 1. The second-order valence-electron chi connectivity index (χ2n) is 5.29. The van der Waals surface area contributed by atoms with Crippen molar-refractivity contribution in [3.05, 3.63) is 23.8 Å². The molecule has 2 rings (SSSR count). The molecule has 1 atom stereocenters. The third-order valence-electron chi connectivity index (χ3n) is 2.94. The van der Waals surface area contributed by atoms with Crippen molar-refractivity contribution >= 4 is 6.09 Å². The smallest absolute Gasteiger partial charge is 0.407 e. The van der Waals surface area contributed by atoms with E-state index in [1.54, 1.807) is 18.2 Å². The van der Waals surface area contributed by atoms with Crippen molar-refractivity contribution in [2.75, 3.05) is 26.4 Å². The topological polar surface area (TPSA) is 77.0 Å². The van der Waals surface area contributed by atoms with Gasteiger partial charge in [0.1, 0.15) is 13.2 Å². The van der Waals surface area contributed by atoms with Gasteiger partial charge in [-0.1, -0.05) is 19.9 Å². The summed E-state index contributed by atoms with van der Waals surface area (Å²) in [5, 5.41) is 12.6. The Morgan fingerprint density at radius 3 is 2.76 bits per heavy atom. The maximum atomic E-state index is 11.4. The number of carbonyl (C=O) groups is 1. The molecule has 1 aromatic carbocycles.